The largest absolute Gasteiger partial charge is 0.349 e. The SMILES string of the molecule is CP(C)(=O)/C=C/C1CNCCC(n2ccc(=O)[nH]c2=O)O1. The van der Waals surface area contributed by atoms with Crippen LogP contribution in [0, 0.1) is 0 Å². The second-order valence-corrected chi connectivity index (χ2v) is 8.58. The van der Waals surface area contributed by atoms with E-state index in [1.54, 1.807) is 25.2 Å². The third-order valence-electron chi connectivity index (χ3n) is 3.07. The molecule has 1 aliphatic heterocycles. The maximum absolute atomic E-state index is 11.8. The van der Waals surface area contributed by atoms with E-state index in [1.165, 1.54) is 16.8 Å². The monoisotopic (exact) mass is 313 g/mol. The van der Waals surface area contributed by atoms with Crippen LogP contribution in [0.1, 0.15) is 12.6 Å². The minimum Gasteiger partial charge on any atom is -0.349 e. The lowest BCUT2D eigenvalue weighted by Crippen LogP contribution is -2.33. The zero-order valence-corrected chi connectivity index (χ0v) is 13.0. The lowest BCUT2D eigenvalue weighted by molar-refractivity contribution is -0.0254. The van der Waals surface area contributed by atoms with Crippen LogP contribution >= 0.6 is 7.14 Å². The molecule has 2 unspecified atom stereocenters. The predicted molar refractivity (Wildman–Crippen MR) is 81.3 cm³/mol. The van der Waals surface area contributed by atoms with Crippen molar-refractivity contribution in [2.75, 3.05) is 26.4 Å². The minimum atomic E-state index is -2.26. The molecule has 0 saturated carbocycles. The molecule has 1 fully saturated rings. The van der Waals surface area contributed by atoms with Gasteiger partial charge in [-0.05, 0) is 25.7 Å². The van der Waals surface area contributed by atoms with E-state index in [-0.39, 0.29) is 6.10 Å². The highest BCUT2D eigenvalue weighted by Crippen LogP contribution is 2.37. The van der Waals surface area contributed by atoms with Gasteiger partial charge in [-0.1, -0.05) is 6.08 Å². The van der Waals surface area contributed by atoms with Gasteiger partial charge in [0.15, 0.2) is 0 Å². The van der Waals surface area contributed by atoms with E-state index in [0.717, 1.165) is 0 Å². The van der Waals surface area contributed by atoms with Gasteiger partial charge in [-0.2, -0.15) is 0 Å². The number of ether oxygens (including phenoxy) is 1. The van der Waals surface area contributed by atoms with Gasteiger partial charge in [-0.25, -0.2) is 4.79 Å². The zero-order chi connectivity index (χ0) is 15.5. The Morgan fingerprint density at radius 3 is 2.86 bits per heavy atom. The fourth-order valence-electron chi connectivity index (χ4n) is 2.06. The van der Waals surface area contributed by atoms with E-state index >= 15 is 0 Å². The van der Waals surface area contributed by atoms with Crippen LogP contribution in [0.3, 0.4) is 0 Å². The number of hydrogen-bond acceptors (Lipinski definition) is 5. The van der Waals surface area contributed by atoms with Gasteiger partial charge in [0.05, 0.1) is 6.10 Å². The van der Waals surface area contributed by atoms with E-state index in [1.807, 2.05) is 0 Å². The summed E-state index contributed by atoms with van der Waals surface area (Å²) in [5.74, 6) is 1.66. The molecule has 0 spiro atoms. The van der Waals surface area contributed by atoms with E-state index in [9.17, 15) is 14.2 Å². The molecular formula is C13H20N3O4P. The Balaban J connectivity index is 2.20. The molecule has 2 heterocycles. The van der Waals surface area contributed by atoms with Gasteiger partial charge in [0.1, 0.15) is 13.4 Å². The number of hydrogen-bond donors (Lipinski definition) is 2. The van der Waals surface area contributed by atoms with Crippen LogP contribution in [0.4, 0.5) is 0 Å². The van der Waals surface area contributed by atoms with Crippen molar-refractivity contribution < 1.29 is 9.30 Å². The fraction of sp³-hybridized carbons (Fsp3) is 0.538. The molecular weight excluding hydrogens is 293 g/mol. The summed E-state index contributed by atoms with van der Waals surface area (Å²) >= 11 is 0. The van der Waals surface area contributed by atoms with Crippen molar-refractivity contribution in [1.29, 1.82) is 0 Å². The summed E-state index contributed by atoms with van der Waals surface area (Å²) in [6.07, 6.45) is 3.06. The van der Waals surface area contributed by atoms with Gasteiger partial charge in [0.2, 0.25) is 0 Å². The lowest BCUT2D eigenvalue weighted by Gasteiger charge is -2.20. The molecule has 0 bridgehead atoms. The molecule has 0 amide bonds. The predicted octanol–water partition coefficient (Wildman–Crippen LogP) is 0.550. The third-order valence-corrected chi connectivity index (χ3v) is 3.96. The van der Waals surface area contributed by atoms with Gasteiger partial charge in [-0.15, -0.1) is 0 Å². The molecule has 1 aromatic rings. The number of H-pyrrole nitrogens is 1. The first-order valence-electron chi connectivity index (χ1n) is 6.77. The summed E-state index contributed by atoms with van der Waals surface area (Å²) in [6.45, 7) is 4.64. The van der Waals surface area contributed by atoms with Crippen molar-refractivity contribution in [3.63, 3.8) is 0 Å². The Morgan fingerprint density at radius 1 is 1.43 bits per heavy atom. The Labute approximate surface area is 122 Å². The molecule has 2 rings (SSSR count). The van der Waals surface area contributed by atoms with E-state index in [0.29, 0.717) is 19.5 Å². The zero-order valence-electron chi connectivity index (χ0n) is 12.1. The number of aromatic nitrogens is 2. The Hall–Kier alpha value is -1.43. The highest BCUT2D eigenvalue weighted by Gasteiger charge is 2.21. The van der Waals surface area contributed by atoms with Crippen LogP contribution in [0.25, 0.3) is 0 Å². The number of aromatic amines is 1. The quantitative estimate of drug-likeness (QED) is 0.795. The van der Waals surface area contributed by atoms with Crippen molar-refractivity contribution in [3.8, 4) is 0 Å². The van der Waals surface area contributed by atoms with Gasteiger partial charge < -0.3 is 14.6 Å². The van der Waals surface area contributed by atoms with Crippen molar-refractivity contribution >= 4 is 7.14 Å². The second-order valence-electron chi connectivity index (χ2n) is 5.42. The smallest absolute Gasteiger partial charge is 0.330 e. The molecule has 2 atom stereocenters. The average molecular weight is 313 g/mol. The standard InChI is InChI=1S/C13H20N3O4P/c1-21(2,19)8-5-10-9-14-6-3-12(20-10)16-7-4-11(17)15-13(16)18/h4-5,7-8,10,12,14H,3,6,9H2,1-2H3,(H,15,17,18)/b8-5+. The Morgan fingerprint density at radius 2 is 2.19 bits per heavy atom. The van der Waals surface area contributed by atoms with Crippen molar-refractivity contribution in [3.05, 3.63) is 45.0 Å². The van der Waals surface area contributed by atoms with Crippen LogP contribution < -0.4 is 16.6 Å². The molecule has 1 aliphatic rings. The molecule has 7 nitrogen and oxygen atoms in total. The van der Waals surface area contributed by atoms with Gasteiger partial charge in [-0.3, -0.25) is 14.3 Å². The summed E-state index contributed by atoms with van der Waals surface area (Å²) in [7, 11) is -2.26. The van der Waals surface area contributed by atoms with Crippen LogP contribution in [0.15, 0.2) is 33.7 Å². The highest BCUT2D eigenvalue weighted by molar-refractivity contribution is 7.65. The van der Waals surface area contributed by atoms with Crippen molar-refractivity contribution in [1.82, 2.24) is 14.9 Å². The van der Waals surface area contributed by atoms with Crippen LogP contribution in [0.2, 0.25) is 0 Å². The molecule has 21 heavy (non-hydrogen) atoms. The number of nitrogens with one attached hydrogen (secondary N) is 2. The average Bonchev–Trinajstić information content (AvgIpc) is 2.61. The molecule has 8 heteroatoms. The summed E-state index contributed by atoms with van der Waals surface area (Å²) < 4.78 is 19.0. The normalized spacial score (nSPS) is 24.1. The first-order chi connectivity index (χ1) is 9.85. The van der Waals surface area contributed by atoms with Crippen molar-refractivity contribution in [2.24, 2.45) is 0 Å². The van der Waals surface area contributed by atoms with Crippen molar-refractivity contribution in [2.45, 2.75) is 18.8 Å². The highest BCUT2D eigenvalue weighted by atomic mass is 31.2. The van der Waals surface area contributed by atoms with E-state index < -0.39 is 24.6 Å². The first kappa shape index (κ1) is 15.9. The summed E-state index contributed by atoms with van der Waals surface area (Å²) in [6, 6.07) is 1.29. The fourth-order valence-corrected chi connectivity index (χ4v) is 2.67. The first-order valence-corrected chi connectivity index (χ1v) is 9.44. The van der Waals surface area contributed by atoms with Crippen LogP contribution in [0.5, 0.6) is 0 Å². The third kappa shape index (κ3) is 4.81. The summed E-state index contributed by atoms with van der Waals surface area (Å²) in [4.78, 5) is 25.1. The Bertz CT molecular complexity index is 672. The van der Waals surface area contributed by atoms with E-state index in [2.05, 4.69) is 10.3 Å². The Kier molecular flexibility index (Phi) is 4.98. The number of rotatable bonds is 3. The maximum atomic E-state index is 11.8. The molecule has 116 valence electrons. The molecule has 0 aromatic carbocycles. The topological polar surface area (TPSA) is 93.2 Å². The van der Waals surface area contributed by atoms with Gasteiger partial charge in [0.25, 0.3) is 5.56 Å². The van der Waals surface area contributed by atoms with Crippen LogP contribution in [-0.4, -0.2) is 42.1 Å². The molecule has 2 N–H and O–H groups in total. The van der Waals surface area contributed by atoms with Crippen LogP contribution in [-0.2, 0) is 9.30 Å². The molecule has 0 aliphatic carbocycles. The summed E-state index contributed by atoms with van der Waals surface area (Å²) in [5.41, 5.74) is -0.925. The lowest BCUT2D eigenvalue weighted by atomic mass is 10.3. The maximum Gasteiger partial charge on any atom is 0.330 e. The molecule has 1 aromatic heterocycles. The number of nitrogens with zero attached hydrogens (tertiary/aromatic N) is 1. The summed E-state index contributed by atoms with van der Waals surface area (Å²) in [5, 5.41) is 3.21. The van der Waals surface area contributed by atoms with Gasteiger partial charge >= 0.3 is 5.69 Å². The van der Waals surface area contributed by atoms with E-state index in [4.69, 9.17) is 4.74 Å². The molecule has 1 saturated heterocycles. The van der Waals surface area contributed by atoms with Gasteiger partial charge in [0, 0.05) is 25.2 Å². The second kappa shape index (κ2) is 6.56. The molecule has 0 radical (unpaired) electrons. The minimum absolute atomic E-state index is 0.274.